The van der Waals surface area contributed by atoms with E-state index in [1.807, 2.05) is 0 Å². The Morgan fingerprint density at radius 3 is 2.38 bits per heavy atom. The molecule has 0 atom stereocenters. The Morgan fingerprint density at radius 2 is 1.74 bits per heavy atom. The molecular weight excluding hydrogens is 480 g/mol. The lowest BCUT2D eigenvalue weighted by Gasteiger charge is -2.15. The SMILES string of the molecule is COC(=O)c1ccc(NC(=O)CSc2nnc(-c3ccc(S(=O)(=O)N4CCCC4)cc3)o2)cc1. The molecule has 4 rings (SSSR count). The monoisotopic (exact) mass is 502 g/mol. The van der Waals surface area contributed by atoms with Gasteiger partial charge in [0.1, 0.15) is 0 Å². The van der Waals surface area contributed by atoms with Crippen molar-refractivity contribution in [2.24, 2.45) is 0 Å². The van der Waals surface area contributed by atoms with E-state index in [9.17, 15) is 18.0 Å². The molecule has 1 amide bonds. The van der Waals surface area contributed by atoms with Crippen LogP contribution in [-0.2, 0) is 19.6 Å². The van der Waals surface area contributed by atoms with Gasteiger partial charge in [-0.1, -0.05) is 11.8 Å². The van der Waals surface area contributed by atoms with Crippen LogP contribution in [0.25, 0.3) is 11.5 Å². The minimum absolute atomic E-state index is 0.0351. The zero-order chi connectivity index (χ0) is 24.1. The zero-order valence-corrected chi connectivity index (χ0v) is 19.9. The maximum atomic E-state index is 12.6. The van der Waals surface area contributed by atoms with Gasteiger partial charge in [0.25, 0.3) is 5.22 Å². The number of thioether (sulfide) groups is 1. The Balaban J connectivity index is 1.32. The average Bonchev–Trinajstić information content (AvgIpc) is 3.56. The van der Waals surface area contributed by atoms with Crippen molar-refractivity contribution in [2.75, 3.05) is 31.3 Å². The number of carbonyl (C=O) groups excluding carboxylic acids is 2. The molecule has 1 aromatic heterocycles. The maximum Gasteiger partial charge on any atom is 0.337 e. The largest absolute Gasteiger partial charge is 0.465 e. The summed E-state index contributed by atoms with van der Waals surface area (Å²) in [6, 6.07) is 12.6. The summed E-state index contributed by atoms with van der Waals surface area (Å²) in [5, 5.41) is 10.8. The Morgan fingerprint density at radius 1 is 1.06 bits per heavy atom. The molecule has 10 nitrogen and oxygen atoms in total. The van der Waals surface area contributed by atoms with Crippen LogP contribution in [-0.4, -0.2) is 60.7 Å². The molecule has 1 aliphatic heterocycles. The fourth-order valence-electron chi connectivity index (χ4n) is 3.36. The molecule has 0 unspecified atom stereocenters. The van der Waals surface area contributed by atoms with Gasteiger partial charge in [-0.05, 0) is 61.4 Å². The maximum absolute atomic E-state index is 12.6. The van der Waals surface area contributed by atoms with E-state index >= 15 is 0 Å². The summed E-state index contributed by atoms with van der Waals surface area (Å²) in [5.41, 5.74) is 1.50. The third-order valence-corrected chi connectivity index (χ3v) is 7.86. The number of hydrogen-bond acceptors (Lipinski definition) is 9. The number of ether oxygens (including phenoxy) is 1. The van der Waals surface area contributed by atoms with Crippen molar-refractivity contribution >= 4 is 39.3 Å². The van der Waals surface area contributed by atoms with Gasteiger partial charge in [-0.15, -0.1) is 10.2 Å². The number of esters is 1. The van der Waals surface area contributed by atoms with Crippen LogP contribution < -0.4 is 5.32 Å². The molecule has 0 bridgehead atoms. The van der Waals surface area contributed by atoms with Gasteiger partial charge in [0, 0.05) is 24.3 Å². The number of benzene rings is 2. The first-order chi connectivity index (χ1) is 16.4. The average molecular weight is 503 g/mol. The normalized spacial score (nSPS) is 14.1. The van der Waals surface area contributed by atoms with E-state index in [0.717, 1.165) is 24.6 Å². The van der Waals surface area contributed by atoms with Gasteiger partial charge < -0.3 is 14.5 Å². The van der Waals surface area contributed by atoms with Crippen molar-refractivity contribution in [3.63, 3.8) is 0 Å². The predicted molar refractivity (Wildman–Crippen MR) is 125 cm³/mol. The number of nitrogens with zero attached hydrogens (tertiary/aromatic N) is 3. The number of sulfonamides is 1. The molecule has 12 heteroatoms. The highest BCUT2D eigenvalue weighted by Crippen LogP contribution is 2.26. The summed E-state index contributed by atoms with van der Waals surface area (Å²) in [5.74, 6) is -0.477. The molecule has 3 aromatic rings. The molecule has 1 N–H and O–H groups in total. The first-order valence-corrected chi connectivity index (χ1v) is 12.8. The fourth-order valence-corrected chi connectivity index (χ4v) is 5.44. The summed E-state index contributed by atoms with van der Waals surface area (Å²) in [4.78, 5) is 23.9. The number of nitrogens with one attached hydrogen (secondary N) is 1. The van der Waals surface area contributed by atoms with E-state index < -0.39 is 16.0 Å². The second kappa shape index (κ2) is 10.4. The number of methoxy groups -OCH3 is 1. The second-order valence-electron chi connectivity index (χ2n) is 7.41. The Bertz CT molecular complexity index is 1270. The van der Waals surface area contributed by atoms with Gasteiger partial charge in [0.05, 0.1) is 23.3 Å². The molecular formula is C22H22N4O6S2. The Labute approximate surface area is 200 Å². The molecule has 0 spiro atoms. The van der Waals surface area contributed by atoms with Crippen molar-refractivity contribution in [1.29, 1.82) is 0 Å². The number of aromatic nitrogens is 2. The van der Waals surface area contributed by atoms with Crippen molar-refractivity contribution in [2.45, 2.75) is 23.0 Å². The molecule has 2 heterocycles. The summed E-state index contributed by atoms with van der Waals surface area (Å²) in [7, 11) is -2.19. The van der Waals surface area contributed by atoms with Crippen LogP contribution in [0.5, 0.6) is 0 Å². The van der Waals surface area contributed by atoms with E-state index in [-0.39, 0.29) is 27.7 Å². The van der Waals surface area contributed by atoms with E-state index in [1.165, 1.54) is 23.5 Å². The van der Waals surface area contributed by atoms with Crippen LogP contribution in [0.3, 0.4) is 0 Å². The Hall–Kier alpha value is -3.22. The van der Waals surface area contributed by atoms with E-state index in [0.29, 0.717) is 29.9 Å². The third kappa shape index (κ3) is 5.46. The molecule has 2 aromatic carbocycles. The van der Waals surface area contributed by atoms with Gasteiger partial charge in [-0.3, -0.25) is 4.79 Å². The van der Waals surface area contributed by atoms with Crippen LogP contribution >= 0.6 is 11.8 Å². The number of hydrogen-bond donors (Lipinski definition) is 1. The summed E-state index contributed by atoms with van der Waals surface area (Å²) in [6.45, 7) is 1.08. The van der Waals surface area contributed by atoms with Gasteiger partial charge in [0.2, 0.25) is 21.8 Å². The van der Waals surface area contributed by atoms with Crippen LogP contribution in [0.4, 0.5) is 5.69 Å². The molecule has 1 saturated heterocycles. The van der Waals surface area contributed by atoms with Crippen molar-refractivity contribution in [3.8, 4) is 11.5 Å². The minimum atomic E-state index is -3.49. The highest BCUT2D eigenvalue weighted by atomic mass is 32.2. The number of rotatable bonds is 8. The zero-order valence-electron chi connectivity index (χ0n) is 18.3. The third-order valence-electron chi connectivity index (χ3n) is 5.13. The van der Waals surface area contributed by atoms with Crippen LogP contribution in [0.15, 0.2) is 63.1 Å². The number of amides is 1. The molecule has 1 fully saturated rings. The van der Waals surface area contributed by atoms with E-state index in [1.54, 1.807) is 36.4 Å². The van der Waals surface area contributed by atoms with Crippen LogP contribution in [0.2, 0.25) is 0 Å². The molecule has 178 valence electrons. The second-order valence-corrected chi connectivity index (χ2v) is 10.3. The fraction of sp³-hybridized carbons (Fsp3) is 0.273. The number of carbonyl (C=O) groups is 2. The summed E-state index contributed by atoms with van der Waals surface area (Å²) >= 11 is 1.07. The van der Waals surface area contributed by atoms with E-state index in [4.69, 9.17) is 4.42 Å². The summed E-state index contributed by atoms with van der Waals surface area (Å²) < 4.78 is 37.0. The predicted octanol–water partition coefficient (Wildman–Crippen LogP) is 3.04. The van der Waals surface area contributed by atoms with Crippen LogP contribution in [0.1, 0.15) is 23.2 Å². The minimum Gasteiger partial charge on any atom is -0.465 e. The smallest absolute Gasteiger partial charge is 0.337 e. The quantitative estimate of drug-likeness (QED) is 0.365. The molecule has 0 aliphatic carbocycles. The van der Waals surface area contributed by atoms with Gasteiger partial charge in [0.15, 0.2) is 0 Å². The lowest BCUT2D eigenvalue weighted by Crippen LogP contribution is -2.27. The molecule has 34 heavy (non-hydrogen) atoms. The standard InChI is InChI=1S/C22H22N4O6S2/c1-31-21(28)16-4-8-17(9-5-16)23-19(27)14-33-22-25-24-20(32-22)15-6-10-18(11-7-15)34(29,30)26-12-2-3-13-26/h4-11H,2-3,12-14H2,1H3,(H,23,27). The molecule has 0 saturated carbocycles. The van der Waals surface area contributed by atoms with Crippen molar-refractivity contribution in [1.82, 2.24) is 14.5 Å². The van der Waals surface area contributed by atoms with Crippen molar-refractivity contribution < 1.29 is 27.2 Å². The molecule has 1 aliphatic rings. The van der Waals surface area contributed by atoms with Crippen LogP contribution in [0, 0.1) is 0 Å². The van der Waals surface area contributed by atoms with E-state index in [2.05, 4.69) is 20.3 Å². The van der Waals surface area contributed by atoms with Gasteiger partial charge in [-0.25, -0.2) is 13.2 Å². The summed E-state index contributed by atoms with van der Waals surface area (Å²) in [6.07, 6.45) is 1.75. The van der Waals surface area contributed by atoms with Gasteiger partial charge in [-0.2, -0.15) is 4.31 Å². The lowest BCUT2D eigenvalue weighted by atomic mass is 10.2. The Kier molecular flexibility index (Phi) is 7.29. The highest BCUT2D eigenvalue weighted by Gasteiger charge is 2.27. The molecule has 0 radical (unpaired) electrons. The van der Waals surface area contributed by atoms with Gasteiger partial charge >= 0.3 is 5.97 Å². The highest BCUT2D eigenvalue weighted by molar-refractivity contribution is 7.99. The lowest BCUT2D eigenvalue weighted by molar-refractivity contribution is -0.113. The number of anilines is 1. The first kappa shape index (κ1) is 23.9. The topological polar surface area (TPSA) is 132 Å². The van der Waals surface area contributed by atoms with Crippen molar-refractivity contribution in [3.05, 3.63) is 54.1 Å². The first-order valence-electron chi connectivity index (χ1n) is 10.4.